The molecule has 19 heavy (non-hydrogen) atoms. The number of carbonyl (C=O) groups is 4. The molecule has 2 N–H and O–H groups in total. The predicted octanol–water partition coefficient (Wildman–Crippen LogP) is -0.207. The van der Waals surface area contributed by atoms with Crippen molar-refractivity contribution in [1.82, 2.24) is 15.5 Å². The summed E-state index contributed by atoms with van der Waals surface area (Å²) in [6.45, 7) is 0. The van der Waals surface area contributed by atoms with E-state index in [0.29, 0.717) is 5.56 Å². The highest BCUT2D eigenvalue weighted by molar-refractivity contribution is 6.22. The normalized spacial score (nSPS) is 21.5. The maximum Gasteiger partial charge on any atom is 0.322 e. The van der Waals surface area contributed by atoms with E-state index in [1.54, 1.807) is 12.1 Å². The summed E-state index contributed by atoms with van der Waals surface area (Å²) in [6.07, 6.45) is 0. The number of nitrogens with one attached hydrogen (secondary N) is 2. The van der Waals surface area contributed by atoms with Crippen molar-refractivity contribution >= 4 is 23.8 Å². The Labute approximate surface area is 107 Å². The first-order chi connectivity index (χ1) is 9.00. The van der Waals surface area contributed by atoms with Gasteiger partial charge in [0.2, 0.25) is 0 Å². The van der Waals surface area contributed by atoms with Gasteiger partial charge in [-0.1, -0.05) is 12.1 Å². The Kier molecular flexibility index (Phi) is 2.19. The quantitative estimate of drug-likeness (QED) is 0.539. The van der Waals surface area contributed by atoms with Crippen LogP contribution in [0.5, 0.6) is 0 Å². The van der Waals surface area contributed by atoms with Gasteiger partial charge in [-0.2, -0.15) is 0 Å². The summed E-state index contributed by atoms with van der Waals surface area (Å²) in [5, 5.41) is 4.51. The van der Waals surface area contributed by atoms with Gasteiger partial charge in [0.1, 0.15) is 6.04 Å². The van der Waals surface area contributed by atoms with E-state index in [2.05, 4.69) is 10.6 Å². The number of fused-ring (bicyclic) bond motifs is 1. The largest absolute Gasteiger partial charge is 0.322 e. The fourth-order valence-electron chi connectivity index (χ4n) is 2.30. The molecule has 7 heteroatoms. The number of hydrogen-bond donors (Lipinski definition) is 2. The molecule has 1 saturated heterocycles. The van der Waals surface area contributed by atoms with Gasteiger partial charge in [0.15, 0.2) is 0 Å². The lowest BCUT2D eigenvalue weighted by Gasteiger charge is -2.11. The van der Waals surface area contributed by atoms with Crippen molar-refractivity contribution in [2.45, 2.75) is 6.04 Å². The second kappa shape index (κ2) is 3.64. The zero-order valence-electron chi connectivity index (χ0n) is 9.89. The van der Waals surface area contributed by atoms with Crippen molar-refractivity contribution < 1.29 is 19.2 Å². The first-order valence-corrected chi connectivity index (χ1v) is 5.57. The monoisotopic (exact) mass is 259 g/mol. The third-order valence-electron chi connectivity index (χ3n) is 3.24. The Hall–Kier alpha value is -2.70. The lowest BCUT2D eigenvalue weighted by Crippen LogP contribution is -2.26. The summed E-state index contributed by atoms with van der Waals surface area (Å²) >= 11 is 0. The van der Waals surface area contributed by atoms with Gasteiger partial charge in [-0.3, -0.25) is 24.6 Å². The topological polar surface area (TPSA) is 95.6 Å². The van der Waals surface area contributed by atoms with E-state index in [4.69, 9.17) is 0 Å². The van der Waals surface area contributed by atoms with Gasteiger partial charge in [0.25, 0.3) is 17.7 Å². The lowest BCUT2D eigenvalue weighted by atomic mass is 9.97. The van der Waals surface area contributed by atoms with Crippen LogP contribution in [-0.4, -0.2) is 35.7 Å². The smallest absolute Gasteiger partial charge is 0.322 e. The number of imide groups is 2. The summed E-state index contributed by atoms with van der Waals surface area (Å²) < 4.78 is 0. The van der Waals surface area contributed by atoms with Crippen molar-refractivity contribution in [3.63, 3.8) is 0 Å². The third kappa shape index (κ3) is 1.44. The molecule has 2 aliphatic heterocycles. The molecule has 0 spiro atoms. The van der Waals surface area contributed by atoms with Gasteiger partial charge in [-0.05, 0) is 11.6 Å². The van der Waals surface area contributed by atoms with Crippen molar-refractivity contribution in [2.24, 2.45) is 0 Å². The van der Waals surface area contributed by atoms with Crippen molar-refractivity contribution in [1.29, 1.82) is 0 Å². The van der Waals surface area contributed by atoms with Crippen LogP contribution >= 0.6 is 0 Å². The molecule has 5 amide bonds. The van der Waals surface area contributed by atoms with E-state index in [0.717, 1.165) is 4.90 Å². The zero-order valence-corrected chi connectivity index (χ0v) is 9.89. The average molecular weight is 259 g/mol. The molecule has 0 radical (unpaired) electrons. The van der Waals surface area contributed by atoms with Crippen LogP contribution in [0.15, 0.2) is 18.2 Å². The molecule has 1 aromatic carbocycles. The maximum absolute atomic E-state index is 12.0. The molecule has 0 aliphatic carbocycles. The summed E-state index contributed by atoms with van der Waals surface area (Å²) in [5.41, 5.74) is 0.764. The molecule has 1 atom stereocenters. The van der Waals surface area contributed by atoms with E-state index in [9.17, 15) is 19.2 Å². The number of amides is 5. The SMILES string of the molecule is CN1C(=O)c2cccc(C3NC(=O)NC3=O)c2C1=O. The van der Waals surface area contributed by atoms with Gasteiger partial charge < -0.3 is 5.32 Å². The van der Waals surface area contributed by atoms with Crippen LogP contribution in [0.3, 0.4) is 0 Å². The van der Waals surface area contributed by atoms with Gasteiger partial charge in [-0.15, -0.1) is 0 Å². The van der Waals surface area contributed by atoms with Crippen LogP contribution in [-0.2, 0) is 4.79 Å². The average Bonchev–Trinajstić information content (AvgIpc) is 2.83. The molecule has 3 rings (SSSR count). The summed E-state index contributed by atoms with van der Waals surface area (Å²) in [7, 11) is 1.38. The molecule has 2 heterocycles. The number of nitrogens with zero attached hydrogens (tertiary/aromatic N) is 1. The Bertz CT molecular complexity index is 652. The maximum atomic E-state index is 12.0. The van der Waals surface area contributed by atoms with E-state index >= 15 is 0 Å². The number of urea groups is 1. The van der Waals surface area contributed by atoms with Crippen molar-refractivity contribution in [3.05, 3.63) is 34.9 Å². The number of hydrogen-bond acceptors (Lipinski definition) is 4. The van der Waals surface area contributed by atoms with Crippen LogP contribution in [0.25, 0.3) is 0 Å². The van der Waals surface area contributed by atoms with Gasteiger partial charge in [0, 0.05) is 7.05 Å². The van der Waals surface area contributed by atoms with Gasteiger partial charge in [-0.25, -0.2) is 4.79 Å². The molecular formula is C12H9N3O4. The molecule has 1 fully saturated rings. The van der Waals surface area contributed by atoms with E-state index in [1.165, 1.54) is 13.1 Å². The minimum absolute atomic E-state index is 0.178. The minimum Gasteiger partial charge on any atom is -0.322 e. The van der Waals surface area contributed by atoms with Crippen molar-refractivity contribution in [2.75, 3.05) is 7.05 Å². The van der Waals surface area contributed by atoms with Gasteiger partial charge in [0.05, 0.1) is 11.1 Å². The lowest BCUT2D eigenvalue weighted by molar-refractivity contribution is -0.120. The van der Waals surface area contributed by atoms with Crippen molar-refractivity contribution in [3.8, 4) is 0 Å². The Balaban J connectivity index is 2.16. The second-order valence-electron chi connectivity index (χ2n) is 4.33. The molecule has 0 saturated carbocycles. The second-order valence-corrected chi connectivity index (χ2v) is 4.33. The minimum atomic E-state index is -0.939. The Morgan fingerprint density at radius 3 is 2.47 bits per heavy atom. The van der Waals surface area contributed by atoms with Crippen LogP contribution in [0, 0.1) is 0 Å². The first-order valence-electron chi connectivity index (χ1n) is 5.57. The zero-order chi connectivity index (χ0) is 13.7. The molecule has 0 bridgehead atoms. The third-order valence-corrected chi connectivity index (χ3v) is 3.24. The van der Waals surface area contributed by atoms with Gasteiger partial charge >= 0.3 is 6.03 Å². The molecule has 1 unspecified atom stereocenters. The van der Waals surface area contributed by atoms with Crippen LogP contribution < -0.4 is 10.6 Å². The molecule has 2 aliphatic rings. The van der Waals surface area contributed by atoms with Crippen LogP contribution in [0.2, 0.25) is 0 Å². The van der Waals surface area contributed by atoms with E-state index in [-0.39, 0.29) is 11.1 Å². The van der Waals surface area contributed by atoms with E-state index < -0.39 is 29.8 Å². The predicted molar refractivity (Wildman–Crippen MR) is 62.3 cm³/mol. The molecular weight excluding hydrogens is 250 g/mol. The fourth-order valence-corrected chi connectivity index (χ4v) is 2.30. The highest BCUT2D eigenvalue weighted by atomic mass is 16.2. The van der Waals surface area contributed by atoms with E-state index in [1.807, 2.05) is 0 Å². The Morgan fingerprint density at radius 1 is 1.11 bits per heavy atom. The summed E-state index contributed by atoms with van der Waals surface area (Å²) in [5.74, 6) is -1.41. The highest BCUT2D eigenvalue weighted by Gasteiger charge is 2.40. The first kappa shape index (κ1) is 11.4. The van der Waals surface area contributed by atoms with Crippen LogP contribution in [0.1, 0.15) is 32.3 Å². The molecule has 0 aromatic heterocycles. The fraction of sp³-hybridized carbons (Fsp3) is 0.167. The summed E-state index contributed by atoms with van der Waals surface area (Å²) in [4.78, 5) is 47.7. The molecule has 96 valence electrons. The standard InChI is InChI=1S/C12H9N3O4/c1-15-10(17)6-4-2-3-5(7(6)11(15)18)8-9(16)14-12(19)13-8/h2-4,8H,1H3,(H2,13,14,16,19). The summed E-state index contributed by atoms with van der Waals surface area (Å²) in [6, 6.07) is 3.11. The number of carbonyl (C=O) groups excluding carboxylic acids is 4. The Morgan fingerprint density at radius 2 is 1.84 bits per heavy atom. The number of benzene rings is 1. The molecule has 1 aromatic rings. The number of rotatable bonds is 1. The molecule has 7 nitrogen and oxygen atoms in total. The van der Waals surface area contributed by atoms with Crippen LogP contribution in [0.4, 0.5) is 4.79 Å². The highest BCUT2D eigenvalue weighted by Crippen LogP contribution is 2.29.